The van der Waals surface area contributed by atoms with E-state index < -0.39 is 0 Å². The van der Waals surface area contributed by atoms with Crippen molar-refractivity contribution in [2.75, 3.05) is 23.3 Å². The number of hydrogen-bond donors (Lipinski definition) is 1. The number of carbonyl (C=O) groups excluding carboxylic acids is 1. The molecule has 0 bridgehead atoms. The molecule has 0 radical (unpaired) electrons. The van der Waals surface area contributed by atoms with Gasteiger partial charge in [0.1, 0.15) is 17.8 Å². The Morgan fingerprint density at radius 1 is 1.00 bits per heavy atom. The van der Waals surface area contributed by atoms with Crippen LogP contribution in [0.25, 0.3) is 16.9 Å². The van der Waals surface area contributed by atoms with Crippen molar-refractivity contribution in [3.8, 4) is 16.9 Å². The van der Waals surface area contributed by atoms with Gasteiger partial charge in [-0.25, -0.2) is 14.6 Å². The Balaban J connectivity index is 1.29. The lowest BCUT2D eigenvalue weighted by molar-refractivity contribution is -0.120. The van der Waals surface area contributed by atoms with Gasteiger partial charge in [0, 0.05) is 31.8 Å². The first kappa shape index (κ1) is 20.7. The normalized spacial score (nSPS) is 13.6. The molecular formula is C25H24N6O2. The van der Waals surface area contributed by atoms with Crippen molar-refractivity contribution in [3.05, 3.63) is 89.1 Å². The maximum absolute atomic E-state index is 13.0. The fourth-order valence-electron chi connectivity index (χ4n) is 4.06. The molecular weight excluding hydrogens is 416 g/mol. The van der Waals surface area contributed by atoms with E-state index in [2.05, 4.69) is 15.3 Å². The second-order valence-corrected chi connectivity index (χ2v) is 8.16. The van der Waals surface area contributed by atoms with Crippen molar-refractivity contribution in [1.29, 1.82) is 0 Å². The molecule has 1 saturated heterocycles. The lowest BCUT2D eigenvalue weighted by atomic mass is 9.99. The number of nitrogens with one attached hydrogen (secondary N) is 1. The van der Waals surface area contributed by atoms with Gasteiger partial charge < -0.3 is 10.2 Å². The lowest BCUT2D eigenvalue weighted by Gasteiger charge is -2.39. The molecule has 5 rings (SSSR count). The van der Waals surface area contributed by atoms with Gasteiger partial charge in [-0.3, -0.25) is 14.3 Å². The molecule has 33 heavy (non-hydrogen) atoms. The number of anilines is 2. The number of benzene rings is 2. The van der Waals surface area contributed by atoms with E-state index in [0.717, 1.165) is 22.8 Å². The summed E-state index contributed by atoms with van der Waals surface area (Å²) in [5, 5.41) is 2.87. The zero-order chi connectivity index (χ0) is 22.9. The van der Waals surface area contributed by atoms with Gasteiger partial charge >= 0.3 is 0 Å². The van der Waals surface area contributed by atoms with E-state index in [0.29, 0.717) is 24.5 Å². The van der Waals surface area contributed by atoms with E-state index >= 15 is 0 Å². The van der Waals surface area contributed by atoms with Crippen molar-refractivity contribution in [2.45, 2.75) is 6.92 Å². The second-order valence-electron chi connectivity index (χ2n) is 8.16. The first-order valence-corrected chi connectivity index (χ1v) is 10.8. The van der Waals surface area contributed by atoms with E-state index in [1.54, 1.807) is 15.7 Å². The number of carbonyl (C=O) groups is 1. The smallest absolute Gasteiger partial charge is 0.295 e. The fraction of sp³-hybridized carbons (Fsp3) is 0.200. The minimum absolute atomic E-state index is 0.158. The summed E-state index contributed by atoms with van der Waals surface area (Å²) in [7, 11) is 1.81. The number of hydrogen-bond acceptors (Lipinski definition) is 5. The first-order valence-electron chi connectivity index (χ1n) is 10.8. The average Bonchev–Trinajstić information content (AvgIpc) is 3.02. The van der Waals surface area contributed by atoms with Gasteiger partial charge in [-0.1, -0.05) is 48.5 Å². The molecule has 0 aliphatic carbocycles. The van der Waals surface area contributed by atoms with Crippen molar-refractivity contribution >= 4 is 17.4 Å². The third-order valence-corrected chi connectivity index (χ3v) is 6.10. The number of rotatable bonds is 5. The Morgan fingerprint density at radius 3 is 2.36 bits per heavy atom. The van der Waals surface area contributed by atoms with E-state index in [9.17, 15) is 9.59 Å². The van der Waals surface area contributed by atoms with E-state index in [1.165, 1.54) is 0 Å². The molecule has 4 aromatic rings. The summed E-state index contributed by atoms with van der Waals surface area (Å²) in [6.07, 6.45) is 1.55. The van der Waals surface area contributed by atoms with Crippen LogP contribution in [0.2, 0.25) is 0 Å². The van der Waals surface area contributed by atoms with Gasteiger partial charge in [0.2, 0.25) is 5.91 Å². The highest BCUT2D eigenvalue weighted by atomic mass is 16.2. The predicted octanol–water partition coefficient (Wildman–Crippen LogP) is 3.02. The van der Waals surface area contributed by atoms with E-state index in [-0.39, 0.29) is 17.4 Å². The zero-order valence-corrected chi connectivity index (χ0v) is 18.5. The van der Waals surface area contributed by atoms with Crippen molar-refractivity contribution in [1.82, 2.24) is 19.3 Å². The quantitative estimate of drug-likeness (QED) is 0.516. The largest absolute Gasteiger partial charge is 0.355 e. The Hall–Kier alpha value is -4.20. The Bertz CT molecular complexity index is 1350. The standard InChI is InChI=1S/C25H24N6O2/c1-17-23(25(33)31(29(17)2)20-11-7-4-8-12-20)28-24(32)19-14-30(15-19)22-13-21(26-16-27-22)18-9-5-3-6-10-18/h3-13,16,19H,14-15H2,1-2H3,(H,28,32). The summed E-state index contributed by atoms with van der Waals surface area (Å²) in [6, 6.07) is 21.2. The maximum atomic E-state index is 13.0. The zero-order valence-electron chi connectivity index (χ0n) is 18.5. The van der Waals surface area contributed by atoms with Crippen LogP contribution in [0, 0.1) is 12.8 Å². The molecule has 1 N–H and O–H groups in total. The lowest BCUT2D eigenvalue weighted by Crippen LogP contribution is -2.52. The Labute approximate surface area is 191 Å². The Morgan fingerprint density at radius 2 is 1.67 bits per heavy atom. The number of para-hydroxylation sites is 1. The highest BCUT2D eigenvalue weighted by molar-refractivity contribution is 5.94. The van der Waals surface area contributed by atoms with Crippen LogP contribution in [-0.4, -0.2) is 38.3 Å². The summed E-state index contributed by atoms with van der Waals surface area (Å²) in [5.74, 6) is 0.411. The molecule has 8 nitrogen and oxygen atoms in total. The third-order valence-electron chi connectivity index (χ3n) is 6.10. The molecule has 166 valence electrons. The van der Waals surface area contributed by atoms with Crippen LogP contribution in [0.4, 0.5) is 11.5 Å². The van der Waals surface area contributed by atoms with Crippen LogP contribution in [0.15, 0.2) is 77.9 Å². The Kier molecular flexibility index (Phi) is 5.26. The first-order chi connectivity index (χ1) is 16.0. The highest BCUT2D eigenvalue weighted by Gasteiger charge is 2.34. The van der Waals surface area contributed by atoms with Gasteiger partial charge in [0.05, 0.1) is 23.0 Å². The summed E-state index contributed by atoms with van der Waals surface area (Å²) < 4.78 is 3.32. The second kappa shape index (κ2) is 8.38. The molecule has 0 spiro atoms. The molecule has 1 aliphatic heterocycles. The molecule has 0 atom stereocenters. The SMILES string of the molecule is Cc1c(NC(=O)C2CN(c3cc(-c4ccccc4)ncn3)C2)c(=O)n(-c2ccccc2)n1C. The van der Waals surface area contributed by atoms with Crippen LogP contribution in [0.1, 0.15) is 5.69 Å². The minimum atomic E-state index is -0.242. The highest BCUT2D eigenvalue weighted by Crippen LogP contribution is 2.27. The maximum Gasteiger partial charge on any atom is 0.295 e. The van der Waals surface area contributed by atoms with Gasteiger partial charge in [-0.2, -0.15) is 0 Å². The molecule has 3 heterocycles. The summed E-state index contributed by atoms with van der Waals surface area (Å²) in [5.41, 5.74) is 3.39. The monoisotopic (exact) mass is 440 g/mol. The van der Waals surface area contributed by atoms with Crippen LogP contribution >= 0.6 is 0 Å². The van der Waals surface area contributed by atoms with Gasteiger partial charge in [-0.05, 0) is 19.1 Å². The molecule has 8 heteroatoms. The van der Waals surface area contributed by atoms with Crippen molar-refractivity contribution in [3.63, 3.8) is 0 Å². The van der Waals surface area contributed by atoms with Crippen molar-refractivity contribution < 1.29 is 4.79 Å². The van der Waals surface area contributed by atoms with Gasteiger partial charge in [-0.15, -0.1) is 0 Å². The number of aromatic nitrogens is 4. The number of nitrogens with zero attached hydrogens (tertiary/aromatic N) is 5. The van der Waals surface area contributed by atoms with Crippen LogP contribution in [0.3, 0.4) is 0 Å². The van der Waals surface area contributed by atoms with Crippen LogP contribution in [0.5, 0.6) is 0 Å². The molecule has 0 saturated carbocycles. The molecule has 2 aromatic heterocycles. The summed E-state index contributed by atoms with van der Waals surface area (Å²) in [4.78, 5) is 36.7. The van der Waals surface area contributed by atoms with Crippen molar-refractivity contribution in [2.24, 2.45) is 13.0 Å². The van der Waals surface area contributed by atoms with Crippen LogP contribution < -0.4 is 15.8 Å². The fourth-order valence-corrected chi connectivity index (χ4v) is 4.06. The molecule has 1 aliphatic rings. The van der Waals surface area contributed by atoms with E-state index in [4.69, 9.17) is 0 Å². The third kappa shape index (κ3) is 3.80. The summed E-state index contributed by atoms with van der Waals surface area (Å²) in [6.45, 7) is 2.90. The van der Waals surface area contributed by atoms with Gasteiger partial charge in [0.25, 0.3) is 5.56 Å². The molecule has 1 amide bonds. The molecule has 2 aromatic carbocycles. The van der Waals surface area contributed by atoms with E-state index in [1.807, 2.05) is 85.6 Å². The minimum Gasteiger partial charge on any atom is -0.355 e. The van der Waals surface area contributed by atoms with Crippen LogP contribution in [-0.2, 0) is 11.8 Å². The molecule has 0 unspecified atom stereocenters. The average molecular weight is 441 g/mol. The predicted molar refractivity (Wildman–Crippen MR) is 128 cm³/mol. The number of amides is 1. The van der Waals surface area contributed by atoms with Gasteiger partial charge in [0.15, 0.2) is 0 Å². The summed E-state index contributed by atoms with van der Waals surface area (Å²) >= 11 is 0. The molecule has 1 fully saturated rings. The topological polar surface area (TPSA) is 85.1 Å².